The van der Waals surface area contributed by atoms with E-state index in [0.29, 0.717) is 10.9 Å². The zero-order valence-corrected chi connectivity index (χ0v) is 11.0. The molecule has 0 amide bonds. The molecule has 0 fully saturated rings. The third kappa shape index (κ3) is 2.68. The normalized spacial score (nSPS) is 10.3. The van der Waals surface area contributed by atoms with Crippen molar-refractivity contribution in [3.05, 3.63) is 40.4 Å². The standard InChI is InChI=1S/C13H13NO3S/c1-3-9-7-18-13(14-9)17-11-6-8(2)4-5-10(11)12(15)16/h4-7H,3H2,1-2H3,(H,15,16). The van der Waals surface area contributed by atoms with Crippen molar-refractivity contribution in [2.45, 2.75) is 20.3 Å². The van der Waals surface area contributed by atoms with Gasteiger partial charge in [-0.15, -0.1) is 0 Å². The summed E-state index contributed by atoms with van der Waals surface area (Å²) in [5.74, 6) is -0.670. The molecular weight excluding hydrogens is 250 g/mol. The number of aromatic nitrogens is 1. The highest BCUT2D eigenvalue weighted by Crippen LogP contribution is 2.29. The van der Waals surface area contributed by atoms with Gasteiger partial charge in [0.15, 0.2) is 0 Å². The maximum Gasteiger partial charge on any atom is 0.339 e. The minimum absolute atomic E-state index is 0.147. The number of carboxylic acids is 1. The molecular formula is C13H13NO3S. The Labute approximate surface area is 109 Å². The summed E-state index contributed by atoms with van der Waals surface area (Å²) in [6.45, 7) is 3.89. The van der Waals surface area contributed by atoms with Crippen LogP contribution >= 0.6 is 11.3 Å². The Kier molecular flexibility index (Phi) is 3.62. The summed E-state index contributed by atoms with van der Waals surface area (Å²) < 4.78 is 5.56. The Morgan fingerprint density at radius 1 is 1.50 bits per heavy atom. The number of hydrogen-bond acceptors (Lipinski definition) is 4. The van der Waals surface area contributed by atoms with Crippen LogP contribution < -0.4 is 4.74 Å². The van der Waals surface area contributed by atoms with Crippen LogP contribution in [0.1, 0.15) is 28.5 Å². The van der Waals surface area contributed by atoms with Gasteiger partial charge in [0.1, 0.15) is 11.3 Å². The lowest BCUT2D eigenvalue weighted by atomic mass is 10.1. The molecule has 0 saturated heterocycles. The van der Waals surface area contributed by atoms with Crippen LogP contribution in [-0.4, -0.2) is 16.1 Å². The summed E-state index contributed by atoms with van der Waals surface area (Å²) in [6.07, 6.45) is 0.833. The third-order valence-corrected chi connectivity index (χ3v) is 3.22. The molecule has 94 valence electrons. The smallest absolute Gasteiger partial charge is 0.339 e. The molecule has 1 aromatic carbocycles. The number of carboxylic acid groups (broad SMARTS) is 1. The molecule has 1 N–H and O–H groups in total. The highest BCUT2D eigenvalue weighted by atomic mass is 32.1. The van der Waals surface area contributed by atoms with E-state index < -0.39 is 5.97 Å². The summed E-state index contributed by atoms with van der Waals surface area (Å²) in [6, 6.07) is 4.99. The fourth-order valence-electron chi connectivity index (χ4n) is 1.48. The molecule has 0 bridgehead atoms. The second kappa shape index (κ2) is 5.18. The van der Waals surface area contributed by atoms with Crippen LogP contribution in [0.4, 0.5) is 0 Å². The van der Waals surface area contributed by atoms with Gasteiger partial charge >= 0.3 is 5.97 Å². The molecule has 0 atom stereocenters. The van der Waals surface area contributed by atoms with Crippen LogP contribution in [0.2, 0.25) is 0 Å². The Balaban J connectivity index is 2.32. The number of aromatic carboxylic acids is 1. The van der Waals surface area contributed by atoms with Crippen LogP contribution in [0, 0.1) is 6.92 Å². The number of aryl methyl sites for hydroxylation is 2. The molecule has 4 nitrogen and oxygen atoms in total. The van der Waals surface area contributed by atoms with Gasteiger partial charge in [0.25, 0.3) is 5.19 Å². The fourth-order valence-corrected chi connectivity index (χ4v) is 2.25. The first-order chi connectivity index (χ1) is 8.60. The zero-order chi connectivity index (χ0) is 13.1. The van der Waals surface area contributed by atoms with E-state index in [1.54, 1.807) is 18.2 Å². The van der Waals surface area contributed by atoms with Crippen molar-refractivity contribution in [2.24, 2.45) is 0 Å². The second-order valence-electron chi connectivity index (χ2n) is 3.87. The van der Waals surface area contributed by atoms with E-state index in [1.807, 2.05) is 19.2 Å². The van der Waals surface area contributed by atoms with Gasteiger partial charge in [-0.3, -0.25) is 0 Å². The van der Waals surface area contributed by atoms with Crippen molar-refractivity contribution in [3.63, 3.8) is 0 Å². The monoisotopic (exact) mass is 263 g/mol. The summed E-state index contributed by atoms with van der Waals surface area (Å²) in [4.78, 5) is 15.3. The minimum Gasteiger partial charge on any atom is -0.478 e. The molecule has 0 aliphatic carbocycles. The Morgan fingerprint density at radius 2 is 2.28 bits per heavy atom. The van der Waals surface area contributed by atoms with Crippen LogP contribution in [0.15, 0.2) is 23.6 Å². The predicted octanol–water partition coefficient (Wildman–Crippen LogP) is 3.50. The Hall–Kier alpha value is -1.88. The number of thiazole rings is 1. The SMILES string of the molecule is CCc1csc(Oc2cc(C)ccc2C(=O)O)n1. The number of hydrogen-bond donors (Lipinski definition) is 1. The molecule has 2 aromatic rings. The molecule has 0 radical (unpaired) electrons. The number of nitrogens with zero attached hydrogens (tertiary/aromatic N) is 1. The van der Waals surface area contributed by atoms with Gasteiger partial charge in [-0.05, 0) is 31.0 Å². The first-order valence-corrected chi connectivity index (χ1v) is 6.44. The lowest BCUT2D eigenvalue weighted by Crippen LogP contribution is -2.00. The topological polar surface area (TPSA) is 59.4 Å². The number of ether oxygens (including phenoxy) is 1. The van der Waals surface area contributed by atoms with Crippen LogP contribution in [-0.2, 0) is 6.42 Å². The number of rotatable bonds is 4. The van der Waals surface area contributed by atoms with E-state index in [0.717, 1.165) is 17.7 Å². The summed E-state index contributed by atoms with van der Waals surface area (Å²) in [5, 5.41) is 11.5. The van der Waals surface area contributed by atoms with E-state index in [4.69, 9.17) is 9.84 Å². The minimum atomic E-state index is -1.00. The highest BCUT2D eigenvalue weighted by Gasteiger charge is 2.13. The van der Waals surface area contributed by atoms with Gasteiger partial charge in [0, 0.05) is 5.38 Å². The fraction of sp³-hybridized carbons (Fsp3) is 0.231. The predicted molar refractivity (Wildman–Crippen MR) is 69.7 cm³/mol. The lowest BCUT2D eigenvalue weighted by molar-refractivity contribution is 0.0694. The van der Waals surface area contributed by atoms with E-state index >= 15 is 0 Å². The average Bonchev–Trinajstić information content (AvgIpc) is 2.76. The van der Waals surface area contributed by atoms with Crippen molar-refractivity contribution in [1.29, 1.82) is 0 Å². The molecule has 18 heavy (non-hydrogen) atoms. The molecule has 0 aliphatic heterocycles. The van der Waals surface area contributed by atoms with Crippen molar-refractivity contribution >= 4 is 17.3 Å². The molecule has 1 heterocycles. The first-order valence-electron chi connectivity index (χ1n) is 5.56. The van der Waals surface area contributed by atoms with Crippen molar-refractivity contribution in [2.75, 3.05) is 0 Å². The summed E-state index contributed by atoms with van der Waals surface area (Å²) in [5.41, 5.74) is 2.04. The Morgan fingerprint density at radius 3 is 2.89 bits per heavy atom. The number of carbonyl (C=O) groups is 1. The van der Waals surface area contributed by atoms with Crippen LogP contribution in [0.3, 0.4) is 0 Å². The van der Waals surface area contributed by atoms with E-state index in [2.05, 4.69) is 4.98 Å². The maximum atomic E-state index is 11.1. The summed E-state index contributed by atoms with van der Waals surface area (Å²) in [7, 11) is 0. The first kappa shape index (κ1) is 12.6. The second-order valence-corrected chi connectivity index (χ2v) is 4.69. The maximum absolute atomic E-state index is 11.1. The third-order valence-electron chi connectivity index (χ3n) is 2.46. The number of benzene rings is 1. The van der Waals surface area contributed by atoms with Crippen molar-refractivity contribution < 1.29 is 14.6 Å². The van der Waals surface area contributed by atoms with Gasteiger partial charge in [-0.2, -0.15) is 0 Å². The van der Waals surface area contributed by atoms with Crippen molar-refractivity contribution in [1.82, 2.24) is 4.98 Å². The quantitative estimate of drug-likeness (QED) is 0.917. The molecule has 0 spiro atoms. The molecule has 0 saturated carbocycles. The van der Waals surface area contributed by atoms with Gasteiger partial charge in [0.05, 0.1) is 5.69 Å². The lowest BCUT2D eigenvalue weighted by Gasteiger charge is -2.06. The highest BCUT2D eigenvalue weighted by molar-refractivity contribution is 7.11. The Bertz CT molecular complexity index is 577. The van der Waals surface area contributed by atoms with Gasteiger partial charge < -0.3 is 9.84 Å². The van der Waals surface area contributed by atoms with Crippen molar-refractivity contribution in [3.8, 4) is 10.9 Å². The average molecular weight is 263 g/mol. The molecule has 5 heteroatoms. The van der Waals surface area contributed by atoms with E-state index in [1.165, 1.54) is 11.3 Å². The van der Waals surface area contributed by atoms with Gasteiger partial charge in [-0.1, -0.05) is 24.3 Å². The molecule has 1 aromatic heterocycles. The van der Waals surface area contributed by atoms with Gasteiger partial charge in [-0.25, -0.2) is 9.78 Å². The molecule has 0 aliphatic rings. The zero-order valence-electron chi connectivity index (χ0n) is 10.1. The van der Waals surface area contributed by atoms with Crippen LogP contribution in [0.25, 0.3) is 0 Å². The molecule has 2 rings (SSSR count). The summed E-state index contributed by atoms with van der Waals surface area (Å²) >= 11 is 1.37. The van der Waals surface area contributed by atoms with Crippen LogP contribution in [0.5, 0.6) is 10.9 Å². The van der Waals surface area contributed by atoms with E-state index in [9.17, 15) is 4.79 Å². The van der Waals surface area contributed by atoms with Gasteiger partial charge in [0.2, 0.25) is 0 Å². The van der Waals surface area contributed by atoms with E-state index in [-0.39, 0.29) is 5.56 Å². The largest absolute Gasteiger partial charge is 0.478 e. The molecule has 0 unspecified atom stereocenters.